The maximum Gasteiger partial charge on any atom is 0.318 e. The molecule has 1 aromatic heterocycles. The van der Waals surface area contributed by atoms with Crippen molar-refractivity contribution in [3.05, 3.63) is 70.2 Å². The number of nitrogens with zero attached hydrogens (tertiary/aromatic N) is 2. The van der Waals surface area contributed by atoms with Crippen molar-refractivity contribution >= 4 is 22.6 Å². The first-order valence-electron chi connectivity index (χ1n) is 7.31. The second-order valence-corrected chi connectivity index (χ2v) is 6.15. The van der Waals surface area contributed by atoms with E-state index in [0.29, 0.717) is 5.75 Å². The van der Waals surface area contributed by atoms with E-state index >= 15 is 0 Å². The van der Waals surface area contributed by atoms with Crippen molar-refractivity contribution in [2.75, 3.05) is 0 Å². The Morgan fingerprint density at radius 2 is 1.70 bits per heavy atom. The smallest absolute Gasteiger partial charge is 0.318 e. The fraction of sp³-hybridized carbons (Fsp3) is 0.167. The average molecular weight is 485 g/mol. The van der Waals surface area contributed by atoms with E-state index in [9.17, 15) is 5.11 Å². The molecular formula is C18H18BrIN2O. The Bertz CT molecular complexity index is 770. The highest BCUT2D eigenvalue weighted by Crippen LogP contribution is 2.21. The zero-order chi connectivity index (χ0) is 15.5. The molecule has 3 nitrogen and oxygen atoms in total. The fourth-order valence-corrected chi connectivity index (χ4v) is 3.49. The molecule has 0 saturated carbocycles. The number of halogens is 2. The monoisotopic (exact) mass is 484 g/mol. The van der Waals surface area contributed by atoms with Crippen LogP contribution in [0.15, 0.2) is 60.8 Å². The molecule has 23 heavy (non-hydrogen) atoms. The molecule has 1 heterocycles. The standard InChI is InChI=1S/C18H17IN2O.BrH/c1-2-21-17(15-8-10-16(22)11-9-15)13-20(18(21)19)12-14-6-4-3-5-7-14;/h3-11,13H,2,12H2,1H3;1H. The zero-order valence-electron chi connectivity index (χ0n) is 12.8. The van der Waals surface area contributed by atoms with Crippen molar-refractivity contribution in [1.29, 1.82) is 0 Å². The fourth-order valence-electron chi connectivity index (χ4n) is 2.58. The first-order valence-corrected chi connectivity index (χ1v) is 8.38. The van der Waals surface area contributed by atoms with Crippen LogP contribution in [0.2, 0.25) is 0 Å². The van der Waals surface area contributed by atoms with E-state index in [-0.39, 0.29) is 17.0 Å². The number of phenolic OH excluding ortho intramolecular Hbond substituents is 1. The molecule has 0 radical (unpaired) electrons. The summed E-state index contributed by atoms with van der Waals surface area (Å²) in [5.41, 5.74) is 3.57. The van der Waals surface area contributed by atoms with E-state index in [1.165, 1.54) is 15.1 Å². The van der Waals surface area contributed by atoms with Gasteiger partial charge in [-0.3, -0.25) is 0 Å². The topological polar surface area (TPSA) is 29.0 Å². The van der Waals surface area contributed by atoms with Gasteiger partial charge < -0.3 is 22.1 Å². The number of hydrogen-bond acceptors (Lipinski definition) is 1. The van der Waals surface area contributed by atoms with E-state index in [1.807, 2.05) is 18.2 Å². The number of imidazole rings is 1. The van der Waals surface area contributed by atoms with Crippen LogP contribution in [-0.2, 0) is 13.1 Å². The Kier molecular flexibility index (Phi) is 6.24. The summed E-state index contributed by atoms with van der Waals surface area (Å²) in [6.45, 7) is 3.92. The summed E-state index contributed by atoms with van der Waals surface area (Å²) in [5.74, 6) is 0.296. The maximum atomic E-state index is 9.47. The summed E-state index contributed by atoms with van der Waals surface area (Å²) in [6.07, 6.45) is 2.19. The van der Waals surface area contributed by atoms with Gasteiger partial charge in [0.05, 0.1) is 29.1 Å². The molecule has 0 aliphatic rings. The lowest BCUT2D eigenvalue weighted by Crippen LogP contribution is -3.00. The molecule has 0 spiro atoms. The van der Waals surface area contributed by atoms with Crippen LogP contribution in [0.4, 0.5) is 0 Å². The first kappa shape index (κ1) is 18.0. The average Bonchev–Trinajstić information content (AvgIpc) is 2.85. The molecule has 3 rings (SSSR count). The van der Waals surface area contributed by atoms with Gasteiger partial charge in [0.15, 0.2) is 5.69 Å². The van der Waals surface area contributed by atoms with E-state index in [4.69, 9.17) is 0 Å². The van der Waals surface area contributed by atoms with Gasteiger partial charge in [0.2, 0.25) is 0 Å². The van der Waals surface area contributed by atoms with Gasteiger partial charge in [0.1, 0.15) is 18.5 Å². The van der Waals surface area contributed by atoms with Crippen LogP contribution < -0.4 is 21.5 Å². The minimum atomic E-state index is 0. The second-order valence-electron chi connectivity index (χ2n) is 5.19. The molecule has 0 aliphatic heterocycles. The quantitative estimate of drug-likeness (QED) is 0.431. The predicted molar refractivity (Wildman–Crippen MR) is 95.7 cm³/mol. The van der Waals surface area contributed by atoms with Gasteiger partial charge in [-0.15, -0.1) is 0 Å². The minimum absolute atomic E-state index is 0. The number of hydrogen-bond donors (Lipinski definition) is 1. The minimum Gasteiger partial charge on any atom is -1.00 e. The molecule has 0 saturated heterocycles. The molecule has 0 amide bonds. The Balaban J connectivity index is 0.00000192. The molecule has 0 unspecified atom stereocenters. The second kappa shape index (κ2) is 7.97. The summed E-state index contributed by atoms with van der Waals surface area (Å²) in [6, 6.07) is 17.9. The molecule has 0 aliphatic carbocycles. The van der Waals surface area contributed by atoms with E-state index in [2.05, 4.69) is 69.1 Å². The van der Waals surface area contributed by atoms with Gasteiger partial charge in [-0.2, -0.15) is 0 Å². The molecule has 0 fully saturated rings. The molecule has 0 atom stereocenters. The molecule has 0 bridgehead atoms. The third-order valence-electron chi connectivity index (χ3n) is 3.70. The maximum absolute atomic E-state index is 9.47. The van der Waals surface area contributed by atoms with E-state index in [1.54, 1.807) is 12.1 Å². The van der Waals surface area contributed by atoms with Crippen LogP contribution >= 0.6 is 22.6 Å². The zero-order valence-corrected chi connectivity index (χ0v) is 16.5. The van der Waals surface area contributed by atoms with Gasteiger partial charge in [0, 0.05) is 5.56 Å². The highest BCUT2D eigenvalue weighted by molar-refractivity contribution is 14.1. The van der Waals surface area contributed by atoms with Crippen molar-refractivity contribution in [3.63, 3.8) is 0 Å². The van der Waals surface area contributed by atoms with Gasteiger partial charge >= 0.3 is 3.83 Å². The Hall–Kier alpha value is -1.34. The van der Waals surface area contributed by atoms with Crippen LogP contribution in [0.5, 0.6) is 5.75 Å². The van der Waals surface area contributed by atoms with Crippen LogP contribution in [0.3, 0.4) is 0 Å². The van der Waals surface area contributed by atoms with Crippen LogP contribution in [0, 0.1) is 3.83 Å². The molecular weight excluding hydrogens is 467 g/mol. The normalized spacial score (nSPS) is 10.3. The van der Waals surface area contributed by atoms with E-state index in [0.717, 1.165) is 18.7 Å². The highest BCUT2D eigenvalue weighted by Gasteiger charge is 2.21. The van der Waals surface area contributed by atoms with Crippen LogP contribution in [-0.4, -0.2) is 9.67 Å². The lowest BCUT2D eigenvalue weighted by molar-refractivity contribution is -0.695. The summed E-state index contributed by atoms with van der Waals surface area (Å²) in [7, 11) is 0. The van der Waals surface area contributed by atoms with Gasteiger partial charge in [-0.25, -0.2) is 9.13 Å². The third-order valence-corrected chi connectivity index (χ3v) is 4.91. The molecule has 2 aromatic carbocycles. The largest absolute Gasteiger partial charge is 1.00 e. The Morgan fingerprint density at radius 3 is 2.30 bits per heavy atom. The van der Waals surface area contributed by atoms with Crippen LogP contribution in [0.25, 0.3) is 11.3 Å². The van der Waals surface area contributed by atoms with Gasteiger partial charge in [-0.1, -0.05) is 30.3 Å². The molecule has 5 heteroatoms. The number of aromatic nitrogens is 2. The van der Waals surface area contributed by atoms with Gasteiger partial charge in [-0.05, 0) is 36.8 Å². The summed E-state index contributed by atoms with van der Waals surface area (Å²) in [4.78, 5) is 0. The van der Waals surface area contributed by atoms with Crippen LogP contribution in [0.1, 0.15) is 12.5 Å². The lowest BCUT2D eigenvalue weighted by atomic mass is 10.1. The van der Waals surface area contributed by atoms with Crippen molar-refractivity contribution in [2.24, 2.45) is 0 Å². The third kappa shape index (κ3) is 3.95. The van der Waals surface area contributed by atoms with Crippen molar-refractivity contribution in [1.82, 2.24) is 4.57 Å². The molecule has 120 valence electrons. The predicted octanol–water partition coefficient (Wildman–Crippen LogP) is 0.825. The number of rotatable bonds is 4. The summed E-state index contributed by atoms with van der Waals surface area (Å²) in [5, 5.41) is 9.47. The van der Waals surface area contributed by atoms with E-state index < -0.39 is 0 Å². The van der Waals surface area contributed by atoms with Crippen molar-refractivity contribution < 1.29 is 26.7 Å². The van der Waals surface area contributed by atoms with Crippen molar-refractivity contribution in [3.8, 4) is 17.0 Å². The highest BCUT2D eigenvalue weighted by atomic mass is 127. The Labute approximate surface area is 160 Å². The van der Waals surface area contributed by atoms with Crippen molar-refractivity contribution in [2.45, 2.75) is 20.0 Å². The summed E-state index contributed by atoms with van der Waals surface area (Å²) < 4.78 is 5.75. The Morgan fingerprint density at radius 1 is 1.04 bits per heavy atom. The van der Waals surface area contributed by atoms with Gasteiger partial charge in [0.25, 0.3) is 0 Å². The summed E-state index contributed by atoms with van der Waals surface area (Å²) >= 11 is 2.40. The number of benzene rings is 2. The lowest BCUT2D eigenvalue weighted by Gasteiger charge is -2.00. The SMILES string of the molecule is CC[n+]1c(-c2ccc(O)cc2)cn(Cc2ccccc2)c1I.[Br-]. The molecule has 3 aromatic rings. The first-order chi connectivity index (χ1) is 10.7. The number of phenols is 1. The number of aromatic hydroxyl groups is 1. The molecule has 1 N–H and O–H groups in total.